The van der Waals surface area contributed by atoms with E-state index >= 15 is 0 Å². The highest BCUT2D eigenvalue weighted by Gasteiger charge is 2.14. The molecule has 0 aliphatic rings. The van der Waals surface area contributed by atoms with Crippen molar-refractivity contribution in [3.63, 3.8) is 0 Å². The second-order valence-corrected chi connectivity index (χ2v) is 7.32. The van der Waals surface area contributed by atoms with Crippen LogP contribution in [0.3, 0.4) is 0 Å². The first-order chi connectivity index (χ1) is 13.6. The minimum atomic E-state index is -0.753. The zero-order chi connectivity index (χ0) is 19.8. The Hall–Kier alpha value is -2.67. The van der Waals surface area contributed by atoms with Crippen molar-refractivity contribution >= 4 is 23.4 Å². The largest absolute Gasteiger partial charge is 0.375 e. The van der Waals surface area contributed by atoms with Gasteiger partial charge in [-0.1, -0.05) is 42.1 Å². The van der Waals surface area contributed by atoms with Crippen LogP contribution in [0.15, 0.2) is 88.7 Å². The van der Waals surface area contributed by atoms with Gasteiger partial charge in [0.2, 0.25) is 5.91 Å². The van der Waals surface area contributed by atoms with E-state index in [4.69, 9.17) is 10.5 Å². The Morgan fingerprint density at radius 3 is 2.21 bits per heavy atom. The predicted octanol–water partition coefficient (Wildman–Crippen LogP) is 4.46. The van der Waals surface area contributed by atoms with E-state index in [1.54, 1.807) is 24.3 Å². The van der Waals surface area contributed by atoms with Crippen molar-refractivity contribution in [2.24, 2.45) is 5.73 Å². The van der Waals surface area contributed by atoms with Gasteiger partial charge in [-0.05, 0) is 54.1 Å². The Labute approximate surface area is 167 Å². The van der Waals surface area contributed by atoms with Crippen LogP contribution in [0.1, 0.15) is 5.56 Å². The molecule has 0 saturated heterocycles. The Morgan fingerprint density at radius 1 is 0.964 bits per heavy atom. The first-order valence-electron chi connectivity index (χ1n) is 8.82. The van der Waals surface area contributed by atoms with E-state index in [-0.39, 0.29) is 18.3 Å². The quantitative estimate of drug-likeness (QED) is 0.590. The number of halogens is 1. The lowest BCUT2D eigenvalue weighted by atomic mass is 10.2. The zero-order valence-electron chi connectivity index (χ0n) is 15.2. The van der Waals surface area contributed by atoms with Crippen LogP contribution in [0.2, 0.25) is 0 Å². The molecule has 0 bridgehead atoms. The number of nitrogens with one attached hydrogen (secondary N) is 1. The second-order valence-electron chi connectivity index (χ2n) is 6.18. The lowest BCUT2D eigenvalue weighted by Gasteiger charge is -2.13. The fourth-order valence-corrected chi connectivity index (χ4v) is 3.25. The van der Waals surface area contributed by atoms with Gasteiger partial charge in [-0.25, -0.2) is 4.39 Å². The number of hydrogen-bond acceptors (Lipinski definition) is 4. The van der Waals surface area contributed by atoms with Crippen molar-refractivity contribution in [2.45, 2.75) is 22.4 Å². The van der Waals surface area contributed by atoms with Crippen molar-refractivity contribution in [1.29, 1.82) is 0 Å². The van der Waals surface area contributed by atoms with Gasteiger partial charge in [0.25, 0.3) is 0 Å². The topological polar surface area (TPSA) is 64.3 Å². The maximum atomic E-state index is 13.0. The van der Waals surface area contributed by atoms with Gasteiger partial charge in [0.1, 0.15) is 11.9 Å². The first kappa shape index (κ1) is 20.1. The summed E-state index contributed by atoms with van der Waals surface area (Å²) in [7, 11) is 0. The lowest BCUT2D eigenvalue weighted by Crippen LogP contribution is -2.39. The zero-order valence-corrected chi connectivity index (χ0v) is 16.0. The third-order valence-corrected chi connectivity index (χ3v) is 4.93. The van der Waals surface area contributed by atoms with Crippen LogP contribution in [-0.4, -0.2) is 18.6 Å². The molecule has 28 heavy (non-hydrogen) atoms. The van der Waals surface area contributed by atoms with Crippen molar-refractivity contribution in [2.75, 3.05) is 11.9 Å². The molecule has 3 aromatic rings. The summed E-state index contributed by atoms with van der Waals surface area (Å²) in [6.07, 6.45) is 0. The maximum Gasteiger partial charge on any atom is 0.243 e. The van der Waals surface area contributed by atoms with Crippen molar-refractivity contribution < 1.29 is 13.9 Å². The van der Waals surface area contributed by atoms with E-state index in [0.717, 1.165) is 15.4 Å². The Balaban J connectivity index is 1.46. The SMILES string of the molecule is N[C@@H](COCc1ccccc1)C(=O)Nc1ccc(Sc2ccc(F)cc2)cc1. The highest BCUT2D eigenvalue weighted by Crippen LogP contribution is 2.28. The van der Waals surface area contributed by atoms with Crippen LogP contribution < -0.4 is 11.1 Å². The van der Waals surface area contributed by atoms with Crippen LogP contribution in [0.5, 0.6) is 0 Å². The van der Waals surface area contributed by atoms with Crippen molar-refractivity contribution in [1.82, 2.24) is 0 Å². The summed E-state index contributed by atoms with van der Waals surface area (Å²) in [6, 6.07) is 22.7. The minimum absolute atomic E-state index is 0.138. The molecule has 0 fully saturated rings. The molecule has 3 N–H and O–H groups in total. The van der Waals surface area contributed by atoms with Crippen LogP contribution in [0.25, 0.3) is 0 Å². The molecule has 3 aromatic carbocycles. The number of amides is 1. The van der Waals surface area contributed by atoms with Crippen LogP contribution >= 0.6 is 11.8 Å². The highest BCUT2D eigenvalue weighted by atomic mass is 32.2. The number of hydrogen-bond donors (Lipinski definition) is 2. The highest BCUT2D eigenvalue weighted by molar-refractivity contribution is 7.99. The predicted molar refractivity (Wildman–Crippen MR) is 110 cm³/mol. The normalized spacial score (nSPS) is 11.8. The van der Waals surface area contributed by atoms with Crippen LogP contribution in [0, 0.1) is 5.82 Å². The molecule has 1 atom stereocenters. The maximum absolute atomic E-state index is 13.0. The molecule has 144 valence electrons. The van der Waals surface area contributed by atoms with E-state index < -0.39 is 6.04 Å². The summed E-state index contributed by atoms with van der Waals surface area (Å²) in [5.41, 5.74) is 7.59. The van der Waals surface area contributed by atoms with E-state index in [9.17, 15) is 9.18 Å². The van der Waals surface area contributed by atoms with Crippen LogP contribution in [-0.2, 0) is 16.1 Å². The number of benzene rings is 3. The van der Waals surface area contributed by atoms with Gasteiger partial charge in [-0.3, -0.25) is 4.79 Å². The lowest BCUT2D eigenvalue weighted by molar-refractivity contribution is -0.118. The molecule has 0 saturated carbocycles. The molecule has 1 amide bonds. The standard InChI is InChI=1S/C22H21FN2O2S/c23-17-6-10-19(11-7-17)28-20-12-8-18(9-13-20)25-22(26)21(24)15-27-14-16-4-2-1-3-5-16/h1-13,21H,14-15,24H2,(H,25,26)/t21-/m0/s1. The molecule has 0 spiro atoms. The molecular formula is C22H21FN2O2S. The third-order valence-electron chi connectivity index (χ3n) is 3.92. The average molecular weight is 396 g/mol. The van der Waals surface area contributed by atoms with E-state index in [1.165, 1.54) is 23.9 Å². The molecule has 6 heteroatoms. The van der Waals surface area contributed by atoms with E-state index in [2.05, 4.69) is 5.32 Å². The molecule has 0 aliphatic carbocycles. The molecule has 0 aromatic heterocycles. The van der Waals surface area contributed by atoms with Crippen molar-refractivity contribution in [3.8, 4) is 0 Å². The van der Waals surface area contributed by atoms with Gasteiger partial charge in [0, 0.05) is 15.5 Å². The molecule has 3 rings (SSSR count). The second kappa shape index (κ2) is 10.0. The summed E-state index contributed by atoms with van der Waals surface area (Å²) in [4.78, 5) is 14.1. The van der Waals surface area contributed by atoms with E-state index in [1.807, 2.05) is 42.5 Å². The van der Waals surface area contributed by atoms with Gasteiger partial charge < -0.3 is 15.8 Å². The fraction of sp³-hybridized carbons (Fsp3) is 0.136. The first-order valence-corrected chi connectivity index (χ1v) is 9.63. The monoisotopic (exact) mass is 396 g/mol. The van der Waals surface area contributed by atoms with Crippen LogP contribution in [0.4, 0.5) is 10.1 Å². The average Bonchev–Trinajstić information content (AvgIpc) is 2.72. The molecule has 0 radical (unpaired) electrons. The Morgan fingerprint density at radius 2 is 1.57 bits per heavy atom. The summed E-state index contributed by atoms with van der Waals surface area (Å²) in [6.45, 7) is 0.552. The van der Waals surface area contributed by atoms with Gasteiger partial charge >= 0.3 is 0 Å². The number of anilines is 1. The molecule has 0 aliphatic heterocycles. The number of carbonyl (C=O) groups is 1. The van der Waals surface area contributed by atoms with Gasteiger partial charge in [-0.2, -0.15) is 0 Å². The van der Waals surface area contributed by atoms with Crippen molar-refractivity contribution in [3.05, 3.63) is 90.2 Å². The number of nitrogens with two attached hydrogens (primary N) is 1. The van der Waals surface area contributed by atoms with Gasteiger partial charge in [0.15, 0.2) is 0 Å². The van der Waals surface area contributed by atoms with Gasteiger partial charge in [0.05, 0.1) is 13.2 Å². The number of carbonyl (C=O) groups excluding carboxylic acids is 1. The molecule has 4 nitrogen and oxygen atoms in total. The molecule has 0 heterocycles. The summed E-state index contributed by atoms with van der Waals surface area (Å²) in [5, 5.41) is 2.79. The summed E-state index contributed by atoms with van der Waals surface area (Å²) < 4.78 is 18.5. The number of rotatable bonds is 8. The molecule has 0 unspecified atom stereocenters. The van der Waals surface area contributed by atoms with Gasteiger partial charge in [-0.15, -0.1) is 0 Å². The fourth-order valence-electron chi connectivity index (χ4n) is 2.43. The Bertz CT molecular complexity index is 887. The smallest absolute Gasteiger partial charge is 0.243 e. The van der Waals surface area contributed by atoms with E-state index in [0.29, 0.717) is 12.3 Å². The summed E-state index contributed by atoms with van der Waals surface area (Å²) in [5.74, 6) is -0.557. The Kier molecular flexibility index (Phi) is 7.19. The summed E-state index contributed by atoms with van der Waals surface area (Å²) >= 11 is 1.52. The number of ether oxygens (including phenoxy) is 1. The molecular weight excluding hydrogens is 375 g/mol. The minimum Gasteiger partial charge on any atom is -0.375 e. The third kappa shape index (κ3) is 6.20.